The van der Waals surface area contributed by atoms with E-state index in [1.807, 2.05) is 50.2 Å². The lowest BCUT2D eigenvalue weighted by Crippen LogP contribution is -2.45. The molecule has 1 aliphatic rings. The maximum Gasteiger partial charge on any atom is 0.322 e. The maximum atomic E-state index is 13.6. The Hall–Kier alpha value is -3.97. The van der Waals surface area contributed by atoms with E-state index in [4.69, 9.17) is 16.1 Å². The first-order valence-corrected chi connectivity index (χ1v) is 11.5. The number of hydrogen-bond acceptors (Lipinski definition) is 4. The Bertz CT molecular complexity index is 1400. The average molecular weight is 489 g/mol. The third-order valence-electron chi connectivity index (χ3n) is 6.02. The standard InChI is InChI=1S/C27H22ClFN4O2/c1-16-3-7-20(8-4-16)25-31-26(35-32-25)23-17(2)33(15-18-5-11-21(28)12-6-18)27(34)30-24(23)19-9-13-22(29)14-10-19/h3-14,24H,15H2,1-2H3,(H,30,34). The van der Waals surface area contributed by atoms with Crippen LogP contribution >= 0.6 is 11.6 Å². The largest absolute Gasteiger partial charge is 0.334 e. The van der Waals surface area contributed by atoms with Crippen LogP contribution in [0.1, 0.15) is 35.5 Å². The summed E-state index contributed by atoms with van der Waals surface area (Å²) in [6, 6.07) is 20.3. The highest BCUT2D eigenvalue weighted by Gasteiger charge is 2.35. The molecule has 6 nitrogen and oxygen atoms in total. The number of carbonyl (C=O) groups excluding carboxylic acids is 1. The molecule has 1 unspecified atom stereocenters. The van der Waals surface area contributed by atoms with Crippen molar-refractivity contribution in [1.29, 1.82) is 0 Å². The Balaban J connectivity index is 1.58. The summed E-state index contributed by atoms with van der Waals surface area (Å²) in [6.45, 7) is 4.18. The summed E-state index contributed by atoms with van der Waals surface area (Å²) in [5.74, 6) is 0.370. The van der Waals surface area contributed by atoms with Crippen LogP contribution in [0.4, 0.5) is 9.18 Å². The van der Waals surface area contributed by atoms with Gasteiger partial charge in [-0.05, 0) is 49.2 Å². The highest BCUT2D eigenvalue weighted by molar-refractivity contribution is 6.30. The Morgan fingerprint density at radius 1 is 1.00 bits per heavy atom. The van der Waals surface area contributed by atoms with Crippen molar-refractivity contribution in [2.24, 2.45) is 0 Å². The molecule has 0 saturated carbocycles. The molecule has 1 atom stereocenters. The lowest BCUT2D eigenvalue weighted by atomic mass is 9.94. The van der Waals surface area contributed by atoms with Crippen LogP contribution in [0.25, 0.3) is 17.0 Å². The monoisotopic (exact) mass is 488 g/mol. The van der Waals surface area contributed by atoms with E-state index in [0.29, 0.717) is 34.2 Å². The van der Waals surface area contributed by atoms with Gasteiger partial charge in [-0.25, -0.2) is 9.18 Å². The highest BCUT2D eigenvalue weighted by atomic mass is 35.5. The molecule has 5 rings (SSSR count). The number of urea groups is 1. The number of nitrogens with zero attached hydrogens (tertiary/aromatic N) is 3. The van der Waals surface area contributed by atoms with Gasteiger partial charge in [0.05, 0.1) is 18.2 Å². The third-order valence-corrected chi connectivity index (χ3v) is 6.27. The molecule has 1 aliphatic heterocycles. The smallest absolute Gasteiger partial charge is 0.322 e. The van der Waals surface area contributed by atoms with E-state index in [-0.39, 0.29) is 17.7 Å². The van der Waals surface area contributed by atoms with Gasteiger partial charge < -0.3 is 9.84 Å². The van der Waals surface area contributed by atoms with Crippen molar-refractivity contribution in [3.05, 3.63) is 112 Å². The number of nitrogens with one attached hydrogen (secondary N) is 1. The molecule has 0 spiro atoms. The molecule has 3 aromatic carbocycles. The molecule has 0 fully saturated rings. The predicted molar refractivity (Wildman–Crippen MR) is 132 cm³/mol. The molecule has 0 radical (unpaired) electrons. The van der Waals surface area contributed by atoms with E-state index in [0.717, 1.165) is 16.7 Å². The molecule has 0 aliphatic carbocycles. The summed E-state index contributed by atoms with van der Waals surface area (Å²) >= 11 is 6.02. The van der Waals surface area contributed by atoms with E-state index in [1.165, 1.54) is 12.1 Å². The van der Waals surface area contributed by atoms with Gasteiger partial charge in [0.25, 0.3) is 5.89 Å². The average Bonchev–Trinajstić information content (AvgIpc) is 3.33. The lowest BCUT2D eigenvalue weighted by molar-refractivity contribution is 0.203. The zero-order chi connectivity index (χ0) is 24.5. The van der Waals surface area contributed by atoms with Gasteiger partial charge in [0.1, 0.15) is 5.82 Å². The second kappa shape index (κ2) is 9.35. The van der Waals surface area contributed by atoms with Crippen molar-refractivity contribution in [3.63, 3.8) is 0 Å². The second-order valence-electron chi connectivity index (χ2n) is 8.43. The minimum absolute atomic E-state index is 0.284. The summed E-state index contributed by atoms with van der Waals surface area (Å²) < 4.78 is 19.3. The molecular weight excluding hydrogens is 467 g/mol. The summed E-state index contributed by atoms with van der Waals surface area (Å²) in [7, 11) is 0. The Morgan fingerprint density at radius 3 is 2.37 bits per heavy atom. The fourth-order valence-electron chi connectivity index (χ4n) is 4.08. The van der Waals surface area contributed by atoms with E-state index in [9.17, 15) is 9.18 Å². The van der Waals surface area contributed by atoms with Gasteiger partial charge in [-0.1, -0.05) is 70.9 Å². The number of hydrogen-bond donors (Lipinski definition) is 1. The Kier molecular flexibility index (Phi) is 6.09. The van der Waals surface area contributed by atoms with Crippen molar-refractivity contribution in [2.45, 2.75) is 26.4 Å². The molecule has 2 amide bonds. The van der Waals surface area contributed by atoms with Crippen molar-refractivity contribution < 1.29 is 13.7 Å². The lowest BCUT2D eigenvalue weighted by Gasteiger charge is -2.35. The minimum atomic E-state index is -0.587. The Labute approximate surface area is 207 Å². The summed E-state index contributed by atoms with van der Waals surface area (Å²) in [4.78, 5) is 19.4. The van der Waals surface area contributed by atoms with Gasteiger partial charge in [0, 0.05) is 16.3 Å². The van der Waals surface area contributed by atoms with Crippen LogP contribution in [0.5, 0.6) is 0 Å². The molecule has 176 valence electrons. The minimum Gasteiger partial charge on any atom is -0.334 e. The molecule has 2 heterocycles. The fourth-order valence-corrected chi connectivity index (χ4v) is 4.21. The van der Waals surface area contributed by atoms with Gasteiger partial charge in [-0.3, -0.25) is 4.90 Å². The quantitative estimate of drug-likeness (QED) is 0.346. The Morgan fingerprint density at radius 2 is 1.69 bits per heavy atom. The normalized spacial score (nSPS) is 15.9. The van der Waals surface area contributed by atoms with E-state index in [2.05, 4.69) is 15.5 Å². The molecule has 4 aromatic rings. The number of amides is 2. The molecular formula is C27H22ClFN4O2. The van der Waals surface area contributed by atoms with E-state index >= 15 is 0 Å². The highest BCUT2D eigenvalue weighted by Crippen LogP contribution is 2.38. The number of allylic oxidation sites excluding steroid dienone is 1. The van der Waals surface area contributed by atoms with Crippen molar-refractivity contribution >= 4 is 23.2 Å². The first-order chi connectivity index (χ1) is 16.9. The number of carbonyl (C=O) groups is 1. The van der Waals surface area contributed by atoms with Crippen LogP contribution < -0.4 is 5.32 Å². The number of rotatable bonds is 5. The van der Waals surface area contributed by atoms with Crippen LogP contribution in [0.3, 0.4) is 0 Å². The topological polar surface area (TPSA) is 71.3 Å². The zero-order valence-electron chi connectivity index (χ0n) is 19.1. The van der Waals surface area contributed by atoms with Crippen LogP contribution in [0.2, 0.25) is 5.02 Å². The number of aryl methyl sites for hydroxylation is 1. The van der Waals surface area contributed by atoms with Crippen LogP contribution in [0.15, 0.2) is 83.0 Å². The van der Waals surface area contributed by atoms with Gasteiger partial charge >= 0.3 is 6.03 Å². The third kappa shape index (κ3) is 4.68. The van der Waals surface area contributed by atoms with E-state index < -0.39 is 6.04 Å². The van der Waals surface area contributed by atoms with Gasteiger partial charge in [0.2, 0.25) is 5.82 Å². The number of halogens is 2. The van der Waals surface area contributed by atoms with Crippen LogP contribution in [0, 0.1) is 12.7 Å². The molecule has 0 bridgehead atoms. The number of benzene rings is 3. The SMILES string of the molecule is CC1=C(c2nc(-c3ccc(C)cc3)no2)C(c2ccc(F)cc2)NC(=O)N1Cc1ccc(Cl)cc1. The number of aromatic nitrogens is 2. The van der Waals surface area contributed by atoms with Crippen molar-refractivity contribution in [2.75, 3.05) is 0 Å². The van der Waals surface area contributed by atoms with Crippen molar-refractivity contribution in [1.82, 2.24) is 20.4 Å². The van der Waals surface area contributed by atoms with Crippen LogP contribution in [-0.2, 0) is 6.54 Å². The predicted octanol–water partition coefficient (Wildman–Crippen LogP) is 6.54. The maximum absolute atomic E-state index is 13.6. The van der Waals surface area contributed by atoms with Gasteiger partial charge in [0.15, 0.2) is 0 Å². The van der Waals surface area contributed by atoms with E-state index in [1.54, 1.807) is 29.2 Å². The summed E-state index contributed by atoms with van der Waals surface area (Å²) in [6.07, 6.45) is 0. The first kappa shape index (κ1) is 22.8. The summed E-state index contributed by atoms with van der Waals surface area (Å²) in [5.41, 5.74) is 4.87. The van der Waals surface area contributed by atoms with Gasteiger partial charge in [-0.15, -0.1) is 0 Å². The molecule has 1 N–H and O–H groups in total. The van der Waals surface area contributed by atoms with Gasteiger partial charge in [-0.2, -0.15) is 4.98 Å². The molecule has 8 heteroatoms. The van der Waals surface area contributed by atoms with Crippen molar-refractivity contribution in [3.8, 4) is 11.4 Å². The molecule has 0 saturated heterocycles. The fraction of sp³-hybridized carbons (Fsp3) is 0.148. The molecule has 35 heavy (non-hydrogen) atoms. The van der Waals surface area contributed by atoms with Crippen LogP contribution in [-0.4, -0.2) is 21.1 Å². The first-order valence-electron chi connectivity index (χ1n) is 11.1. The second-order valence-corrected chi connectivity index (χ2v) is 8.87. The zero-order valence-corrected chi connectivity index (χ0v) is 19.9. The summed E-state index contributed by atoms with van der Waals surface area (Å²) in [5, 5.41) is 7.82. The molecule has 1 aromatic heterocycles.